The standard InChI is InChI=1S/C30H25NO4S4/c1-20-8-13-25(14-9-20)38(32,33)31(39(34,35)26-15-10-21(2)11-16-26)24-12-17-29-23(18-24)19-28(30(36)37-29)27-7-5-4-6-22(27)3/h4-19H,1-3H3. The Kier molecular flexibility index (Phi) is 7.19. The fraction of sp³-hybridized carbons (Fsp3) is 0.100. The quantitative estimate of drug-likeness (QED) is 0.188. The van der Waals surface area contributed by atoms with Crippen LogP contribution in [0.4, 0.5) is 5.69 Å². The molecule has 0 radical (unpaired) electrons. The third kappa shape index (κ3) is 5.15. The molecular formula is C30H25NO4S4. The minimum atomic E-state index is -4.50. The van der Waals surface area contributed by atoms with Crippen LogP contribution in [0.5, 0.6) is 0 Å². The maximum atomic E-state index is 14.0. The number of hydrogen-bond acceptors (Lipinski definition) is 6. The maximum absolute atomic E-state index is 14.0. The Morgan fingerprint density at radius 2 is 1.18 bits per heavy atom. The lowest BCUT2D eigenvalue weighted by atomic mass is 10.0. The van der Waals surface area contributed by atoms with Gasteiger partial charge >= 0.3 is 0 Å². The van der Waals surface area contributed by atoms with E-state index in [0.29, 0.717) is 12.9 Å². The molecule has 0 saturated carbocycles. The Bertz CT molecular complexity index is 1900. The van der Waals surface area contributed by atoms with Gasteiger partial charge in [0.15, 0.2) is 0 Å². The van der Waals surface area contributed by atoms with Gasteiger partial charge in [-0.25, -0.2) is 16.8 Å². The molecule has 0 bridgehead atoms. The number of sulfonamides is 2. The Balaban J connectivity index is 1.76. The van der Waals surface area contributed by atoms with Gasteiger partial charge in [0.05, 0.1) is 19.3 Å². The summed E-state index contributed by atoms with van der Waals surface area (Å²) in [4.78, 5) is -0.235. The number of anilines is 1. The highest BCUT2D eigenvalue weighted by Gasteiger charge is 2.37. The highest BCUT2D eigenvalue weighted by molar-refractivity contribution is 8.10. The molecule has 5 aromatic rings. The van der Waals surface area contributed by atoms with Crippen LogP contribution in [0.25, 0.3) is 21.2 Å². The van der Waals surface area contributed by atoms with E-state index in [4.69, 9.17) is 12.2 Å². The Labute approximate surface area is 238 Å². The summed E-state index contributed by atoms with van der Waals surface area (Å²) in [6, 6.07) is 26.9. The third-order valence-corrected chi connectivity index (χ3v) is 12.1. The van der Waals surface area contributed by atoms with Crippen LogP contribution in [-0.4, -0.2) is 16.8 Å². The zero-order valence-corrected chi connectivity index (χ0v) is 24.7. The summed E-state index contributed by atoms with van der Waals surface area (Å²) in [6.45, 7) is 5.67. The summed E-state index contributed by atoms with van der Waals surface area (Å²) in [5, 5.41) is 0.688. The van der Waals surface area contributed by atoms with Crippen LogP contribution >= 0.6 is 23.6 Å². The topological polar surface area (TPSA) is 71.5 Å². The van der Waals surface area contributed by atoms with Crippen molar-refractivity contribution in [2.24, 2.45) is 0 Å². The molecule has 0 atom stereocenters. The van der Waals surface area contributed by atoms with E-state index >= 15 is 0 Å². The Morgan fingerprint density at radius 1 is 0.641 bits per heavy atom. The third-order valence-electron chi connectivity index (χ3n) is 6.44. The molecule has 5 nitrogen and oxygen atoms in total. The molecule has 0 aliphatic carbocycles. The van der Waals surface area contributed by atoms with Gasteiger partial charge in [-0.2, -0.15) is 3.71 Å². The van der Waals surface area contributed by atoms with Crippen molar-refractivity contribution in [3.05, 3.63) is 118 Å². The first-order chi connectivity index (χ1) is 18.5. The summed E-state index contributed by atoms with van der Waals surface area (Å²) < 4.78 is 58.0. The van der Waals surface area contributed by atoms with E-state index in [0.717, 1.165) is 32.5 Å². The zero-order chi connectivity index (χ0) is 27.9. The molecule has 0 amide bonds. The predicted octanol–water partition coefficient (Wildman–Crippen LogP) is 7.81. The largest absolute Gasteiger partial charge is 0.277 e. The van der Waals surface area contributed by atoms with Crippen LogP contribution in [0.15, 0.2) is 107 Å². The molecular weight excluding hydrogens is 567 g/mol. The fourth-order valence-corrected chi connectivity index (χ4v) is 9.27. The highest BCUT2D eigenvalue weighted by Crippen LogP contribution is 2.37. The molecule has 0 aliphatic rings. The highest BCUT2D eigenvalue weighted by atomic mass is 32.3. The van der Waals surface area contributed by atoms with Gasteiger partial charge in [-0.3, -0.25) is 0 Å². The first kappa shape index (κ1) is 27.2. The molecule has 5 rings (SSSR count). The SMILES string of the molecule is Cc1ccc(S(=O)(=O)N(c2ccc3sc(=S)c(-c4ccccc4C)cc3c2)S(=O)(=O)c2ccc(C)cc2)cc1. The lowest BCUT2D eigenvalue weighted by Gasteiger charge is -2.24. The van der Waals surface area contributed by atoms with E-state index in [2.05, 4.69) is 0 Å². The first-order valence-corrected chi connectivity index (χ1v) is 16.2. The van der Waals surface area contributed by atoms with E-state index in [1.165, 1.54) is 41.7 Å². The number of rotatable bonds is 6. The minimum absolute atomic E-state index is 0.0173. The summed E-state index contributed by atoms with van der Waals surface area (Å²) in [5.41, 5.74) is 4.60. The van der Waals surface area contributed by atoms with Crippen molar-refractivity contribution < 1.29 is 16.8 Å². The van der Waals surface area contributed by atoms with Gasteiger partial charge in [0, 0.05) is 10.3 Å². The Hall–Kier alpha value is -3.37. The number of fused-ring (bicyclic) bond motifs is 1. The van der Waals surface area contributed by atoms with Crippen LogP contribution in [0, 0.1) is 24.6 Å². The normalized spacial score (nSPS) is 12.0. The summed E-state index contributed by atoms with van der Waals surface area (Å²) in [6.07, 6.45) is 0. The number of hydrogen-bond donors (Lipinski definition) is 0. The maximum Gasteiger partial charge on any atom is 0.277 e. The minimum Gasteiger partial charge on any atom is -0.200 e. The van der Waals surface area contributed by atoms with E-state index in [1.54, 1.807) is 36.4 Å². The second kappa shape index (κ2) is 10.3. The second-order valence-corrected chi connectivity index (χ2v) is 14.8. The van der Waals surface area contributed by atoms with Gasteiger partial charge in [-0.1, -0.05) is 71.9 Å². The van der Waals surface area contributed by atoms with Crippen molar-refractivity contribution in [2.45, 2.75) is 30.6 Å². The van der Waals surface area contributed by atoms with Crippen LogP contribution in [0.3, 0.4) is 0 Å². The van der Waals surface area contributed by atoms with E-state index < -0.39 is 20.0 Å². The number of nitrogens with zero attached hydrogens (tertiary/aromatic N) is 1. The molecule has 0 aliphatic heterocycles. The van der Waals surface area contributed by atoms with E-state index in [1.807, 2.05) is 51.1 Å². The second-order valence-electron chi connectivity index (χ2n) is 9.32. The van der Waals surface area contributed by atoms with Gasteiger partial charge in [0.1, 0.15) is 0 Å². The summed E-state index contributed by atoms with van der Waals surface area (Å²) >= 11 is 7.09. The van der Waals surface area contributed by atoms with Crippen molar-refractivity contribution >= 4 is 59.4 Å². The lowest BCUT2D eigenvalue weighted by Crippen LogP contribution is -2.37. The monoisotopic (exact) mass is 591 g/mol. The number of benzene rings is 4. The summed E-state index contributed by atoms with van der Waals surface area (Å²) in [7, 11) is -9.01. The van der Waals surface area contributed by atoms with E-state index in [9.17, 15) is 16.8 Å². The van der Waals surface area contributed by atoms with Crippen LogP contribution in [-0.2, 0) is 20.0 Å². The van der Waals surface area contributed by atoms with Crippen LogP contribution in [0.1, 0.15) is 16.7 Å². The van der Waals surface area contributed by atoms with E-state index in [-0.39, 0.29) is 15.5 Å². The Morgan fingerprint density at radius 3 is 1.72 bits per heavy atom. The molecule has 9 heteroatoms. The first-order valence-electron chi connectivity index (χ1n) is 12.1. The van der Waals surface area contributed by atoms with Gasteiger partial charge in [0.2, 0.25) is 0 Å². The van der Waals surface area contributed by atoms with Crippen molar-refractivity contribution in [2.75, 3.05) is 3.71 Å². The van der Waals surface area contributed by atoms with Gasteiger partial charge in [-0.05, 0) is 85.8 Å². The van der Waals surface area contributed by atoms with Gasteiger partial charge < -0.3 is 0 Å². The zero-order valence-electron chi connectivity index (χ0n) is 21.5. The van der Waals surface area contributed by atoms with Gasteiger partial charge in [-0.15, -0.1) is 11.3 Å². The van der Waals surface area contributed by atoms with Crippen molar-refractivity contribution in [1.29, 1.82) is 0 Å². The molecule has 39 heavy (non-hydrogen) atoms. The molecule has 0 spiro atoms. The molecule has 0 fully saturated rings. The molecule has 198 valence electrons. The molecule has 0 N–H and O–H groups in total. The molecule has 0 unspecified atom stereocenters. The number of aryl methyl sites for hydroxylation is 3. The van der Waals surface area contributed by atoms with Crippen LogP contribution < -0.4 is 3.71 Å². The smallest absolute Gasteiger partial charge is 0.200 e. The average molecular weight is 592 g/mol. The van der Waals surface area contributed by atoms with Crippen molar-refractivity contribution in [1.82, 2.24) is 0 Å². The van der Waals surface area contributed by atoms with Crippen molar-refractivity contribution in [3.8, 4) is 11.1 Å². The van der Waals surface area contributed by atoms with Gasteiger partial charge in [0.25, 0.3) is 20.0 Å². The molecule has 1 heterocycles. The predicted molar refractivity (Wildman–Crippen MR) is 162 cm³/mol. The molecule has 1 aromatic heterocycles. The van der Waals surface area contributed by atoms with Crippen molar-refractivity contribution in [3.63, 3.8) is 0 Å². The molecule has 4 aromatic carbocycles. The lowest BCUT2D eigenvalue weighted by molar-refractivity contribution is 0.584. The average Bonchev–Trinajstić information content (AvgIpc) is 2.89. The molecule has 0 saturated heterocycles. The fourth-order valence-electron chi connectivity index (χ4n) is 4.31. The summed E-state index contributed by atoms with van der Waals surface area (Å²) in [5.74, 6) is 0. The van der Waals surface area contributed by atoms with Crippen LogP contribution in [0.2, 0.25) is 0 Å².